The molecule has 30 heavy (non-hydrogen) atoms. The van der Waals surface area contributed by atoms with Gasteiger partial charge < -0.3 is 19.5 Å². The Morgan fingerprint density at radius 2 is 2.17 bits per heavy atom. The van der Waals surface area contributed by atoms with Crippen LogP contribution in [0.25, 0.3) is 0 Å². The van der Waals surface area contributed by atoms with Gasteiger partial charge in [-0.25, -0.2) is 4.98 Å². The molecule has 156 valence electrons. The number of amides is 2. The van der Waals surface area contributed by atoms with E-state index < -0.39 is 17.4 Å². The van der Waals surface area contributed by atoms with Gasteiger partial charge >= 0.3 is 0 Å². The highest BCUT2D eigenvalue weighted by molar-refractivity contribution is 5.93. The van der Waals surface area contributed by atoms with Crippen LogP contribution in [0, 0.1) is 18.8 Å². The van der Waals surface area contributed by atoms with E-state index in [1.54, 1.807) is 24.3 Å². The number of benzene rings is 1. The van der Waals surface area contributed by atoms with Crippen LogP contribution in [0.15, 0.2) is 48.8 Å². The second-order valence-electron chi connectivity index (χ2n) is 8.63. The molecule has 2 saturated heterocycles. The van der Waals surface area contributed by atoms with Crippen LogP contribution in [0.3, 0.4) is 0 Å². The van der Waals surface area contributed by atoms with E-state index in [0.717, 1.165) is 12.2 Å². The quantitative estimate of drug-likeness (QED) is 0.741. The summed E-state index contributed by atoms with van der Waals surface area (Å²) in [6.07, 6.45) is 7.82. The molecular weight excluding hydrogens is 380 g/mol. The minimum atomic E-state index is -0.666. The van der Waals surface area contributed by atoms with Gasteiger partial charge in [-0.05, 0) is 18.9 Å². The van der Waals surface area contributed by atoms with Crippen molar-refractivity contribution >= 4 is 11.8 Å². The third-order valence-electron chi connectivity index (χ3n) is 6.57. The van der Waals surface area contributed by atoms with Gasteiger partial charge in [0.1, 0.15) is 11.4 Å². The Bertz CT molecular complexity index is 984. The fourth-order valence-corrected chi connectivity index (χ4v) is 5.01. The van der Waals surface area contributed by atoms with E-state index in [0.29, 0.717) is 19.6 Å². The summed E-state index contributed by atoms with van der Waals surface area (Å²) < 4.78 is 6.23. The minimum absolute atomic E-state index is 0.0266. The predicted octanol–water partition coefficient (Wildman–Crippen LogP) is 1.70. The molecule has 2 aromatic rings. The van der Waals surface area contributed by atoms with Gasteiger partial charge in [0.15, 0.2) is 0 Å². The van der Waals surface area contributed by atoms with Crippen molar-refractivity contribution < 1.29 is 14.3 Å². The molecule has 1 spiro atoms. The Morgan fingerprint density at radius 1 is 1.37 bits per heavy atom. The standard InChI is InChI=1S/C23H26N4O3/c1-15-3-5-16(6-4-15)8-12-27-14-23-9-7-17(30-23)19(20(23)22(27)29)21(28)26(2)13-18-24-10-11-25-18/h3-7,9-11,17,19-20H,8,12-14H2,1-2H3,(H,24,25)/t17-,19-,20-,23-/m0/s1. The molecule has 2 fully saturated rings. The molecule has 0 aliphatic carbocycles. The number of rotatable bonds is 6. The average molecular weight is 406 g/mol. The number of carbonyl (C=O) groups is 2. The third kappa shape index (κ3) is 3.04. The summed E-state index contributed by atoms with van der Waals surface area (Å²) >= 11 is 0. The van der Waals surface area contributed by atoms with Crippen molar-refractivity contribution in [3.63, 3.8) is 0 Å². The minimum Gasteiger partial charge on any atom is -0.360 e. The molecule has 3 aliphatic rings. The van der Waals surface area contributed by atoms with Crippen molar-refractivity contribution in [2.24, 2.45) is 11.8 Å². The van der Waals surface area contributed by atoms with E-state index in [2.05, 4.69) is 41.2 Å². The molecule has 0 radical (unpaired) electrons. The summed E-state index contributed by atoms with van der Waals surface area (Å²) in [4.78, 5) is 37.3. The lowest BCUT2D eigenvalue weighted by atomic mass is 9.76. The zero-order valence-electron chi connectivity index (χ0n) is 17.2. The molecular formula is C23H26N4O3. The lowest BCUT2D eigenvalue weighted by Crippen LogP contribution is -2.44. The van der Waals surface area contributed by atoms with E-state index in [4.69, 9.17) is 4.74 Å². The molecule has 0 saturated carbocycles. The fraction of sp³-hybridized carbons (Fsp3) is 0.435. The molecule has 7 heteroatoms. The molecule has 1 N–H and O–H groups in total. The molecule has 1 aromatic heterocycles. The highest BCUT2D eigenvalue weighted by Gasteiger charge is 2.66. The van der Waals surface area contributed by atoms with Gasteiger partial charge in [-0.3, -0.25) is 9.59 Å². The Morgan fingerprint density at radius 3 is 2.90 bits per heavy atom. The molecule has 0 unspecified atom stereocenters. The molecule has 7 nitrogen and oxygen atoms in total. The maximum absolute atomic E-state index is 13.3. The largest absolute Gasteiger partial charge is 0.360 e. The number of H-pyrrole nitrogens is 1. The first kappa shape index (κ1) is 19.1. The molecule has 2 bridgehead atoms. The van der Waals surface area contributed by atoms with Gasteiger partial charge in [0.2, 0.25) is 11.8 Å². The van der Waals surface area contributed by atoms with E-state index in [-0.39, 0.29) is 17.9 Å². The van der Waals surface area contributed by atoms with Gasteiger partial charge in [0, 0.05) is 26.0 Å². The number of nitrogens with one attached hydrogen (secondary N) is 1. The van der Waals surface area contributed by atoms with E-state index in [9.17, 15) is 9.59 Å². The Kier molecular flexibility index (Phi) is 4.50. The van der Waals surface area contributed by atoms with Crippen LogP contribution < -0.4 is 0 Å². The number of carbonyl (C=O) groups excluding carboxylic acids is 2. The maximum atomic E-state index is 13.3. The smallest absolute Gasteiger partial charge is 0.230 e. The van der Waals surface area contributed by atoms with Gasteiger partial charge in [0.05, 0.1) is 31.0 Å². The monoisotopic (exact) mass is 406 g/mol. The first-order valence-electron chi connectivity index (χ1n) is 10.4. The number of ether oxygens (including phenoxy) is 1. The molecule has 3 aliphatic heterocycles. The normalized spacial score (nSPS) is 28.9. The first-order chi connectivity index (χ1) is 14.5. The number of fused-ring (bicyclic) bond motifs is 1. The van der Waals surface area contributed by atoms with Gasteiger partial charge in [-0.2, -0.15) is 0 Å². The van der Waals surface area contributed by atoms with Crippen LogP contribution in [0.4, 0.5) is 0 Å². The Hall–Kier alpha value is -2.93. The number of nitrogens with zero attached hydrogens (tertiary/aromatic N) is 3. The zero-order valence-corrected chi connectivity index (χ0v) is 17.2. The summed E-state index contributed by atoms with van der Waals surface area (Å²) in [6.45, 7) is 3.59. The fourth-order valence-electron chi connectivity index (χ4n) is 5.01. The SMILES string of the molecule is Cc1ccc(CCN2C[C@]34C=C[C@H](O3)[C@H](C(=O)N(C)Cc3ncc[nH]3)[C@H]4C2=O)cc1. The summed E-state index contributed by atoms with van der Waals surface area (Å²) in [5, 5.41) is 0. The molecule has 5 rings (SSSR count). The number of aromatic nitrogens is 2. The van der Waals surface area contributed by atoms with E-state index in [1.165, 1.54) is 11.1 Å². The highest BCUT2D eigenvalue weighted by atomic mass is 16.5. The van der Waals surface area contributed by atoms with E-state index >= 15 is 0 Å². The summed E-state index contributed by atoms with van der Waals surface area (Å²) in [5.41, 5.74) is 1.76. The molecule has 4 atom stereocenters. The lowest BCUT2D eigenvalue weighted by Gasteiger charge is -2.27. The Balaban J connectivity index is 1.30. The summed E-state index contributed by atoms with van der Waals surface area (Å²) in [7, 11) is 1.75. The van der Waals surface area contributed by atoms with Crippen LogP contribution in [0.2, 0.25) is 0 Å². The average Bonchev–Trinajstić information content (AvgIpc) is 3.50. The lowest BCUT2D eigenvalue weighted by molar-refractivity contribution is -0.142. The Labute approximate surface area is 175 Å². The van der Waals surface area contributed by atoms with E-state index in [1.807, 2.05) is 17.1 Å². The van der Waals surface area contributed by atoms with Crippen LogP contribution in [0.5, 0.6) is 0 Å². The van der Waals surface area contributed by atoms with Crippen LogP contribution in [-0.4, -0.2) is 63.4 Å². The second-order valence-corrected chi connectivity index (χ2v) is 8.63. The van der Waals surface area contributed by atoms with Crippen molar-refractivity contribution in [1.82, 2.24) is 19.8 Å². The first-order valence-corrected chi connectivity index (χ1v) is 10.4. The summed E-state index contributed by atoms with van der Waals surface area (Å²) in [6, 6.07) is 8.39. The number of aromatic amines is 1. The molecule has 4 heterocycles. The summed E-state index contributed by atoms with van der Waals surface area (Å²) in [5.74, 6) is -0.248. The third-order valence-corrected chi connectivity index (χ3v) is 6.57. The van der Waals surface area contributed by atoms with Gasteiger partial charge in [0.25, 0.3) is 0 Å². The number of imidazole rings is 1. The van der Waals surface area contributed by atoms with Crippen molar-refractivity contribution in [3.05, 3.63) is 65.8 Å². The van der Waals surface area contributed by atoms with Crippen LogP contribution in [-0.2, 0) is 27.3 Å². The second kappa shape index (κ2) is 7.09. The van der Waals surface area contributed by atoms with Gasteiger partial charge in [-0.1, -0.05) is 42.0 Å². The number of aryl methyl sites for hydroxylation is 1. The highest BCUT2D eigenvalue weighted by Crippen LogP contribution is 2.52. The van der Waals surface area contributed by atoms with Crippen molar-refractivity contribution in [2.75, 3.05) is 20.1 Å². The molecule has 2 amide bonds. The maximum Gasteiger partial charge on any atom is 0.230 e. The van der Waals surface area contributed by atoms with Gasteiger partial charge in [-0.15, -0.1) is 0 Å². The van der Waals surface area contributed by atoms with Crippen molar-refractivity contribution in [1.29, 1.82) is 0 Å². The van der Waals surface area contributed by atoms with Crippen LogP contribution in [0.1, 0.15) is 17.0 Å². The predicted molar refractivity (Wildman–Crippen MR) is 110 cm³/mol. The number of hydrogen-bond acceptors (Lipinski definition) is 4. The molecule has 1 aromatic carbocycles. The number of hydrogen-bond donors (Lipinski definition) is 1. The van der Waals surface area contributed by atoms with Crippen molar-refractivity contribution in [3.8, 4) is 0 Å². The van der Waals surface area contributed by atoms with Crippen molar-refractivity contribution in [2.45, 2.75) is 31.6 Å². The topological polar surface area (TPSA) is 78.5 Å². The zero-order chi connectivity index (χ0) is 20.9. The number of likely N-dealkylation sites (tertiary alicyclic amines) is 1. The van der Waals surface area contributed by atoms with Crippen LogP contribution >= 0.6 is 0 Å².